The molecule has 4 rings (SSSR count). The van der Waals surface area contributed by atoms with Crippen molar-refractivity contribution in [2.24, 2.45) is 0 Å². The highest BCUT2D eigenvalue weighted by molar-refractivity contribution is 7.84. The molecule has 16 nitrogen and oxygen atoms in total. The van der Waals surface area contributed by atoms with Gasteiger partial charge >= 0.3 is 20.6 Å². The minimum atomic E-state index is -4.94. The molecule has 0 radical (unpaired) electrons. The summed E-state index contributed by atoms with van der Waals surface area (Å²) < 4.78 is 97.3. The highest BCUT2D eigenvalue weighted by Crippen LogP contribution is 2.35. The maximum absolute atomic E-state index is 11.7. The van der Waals surface area contributed by atoms with Crippen LogP contribution in [0.15, 0.2) is 30.3 Å². The third-order valence-corrected chi connectivity index (χ3v) is 7.24. The maximum atomic E-state index is 11.7. The number of aliphatic hydroxyl groups excluding tert-OH is 3. The Morgan fingerprint density at radius 2 is 1.57 bits per heavy atom. The zero-order valence-corrected chi connectivity index (χ0v) is 20.6. The van der Waals surface area contributed by atoms with Crippen LogP contribution in [0.25, 0.3) is 0 Å². The third kappa shape index (κ3) is 6.99. The van der Waals surface area contributed by atoms with E-state index in [-0.39, 0.29) is 13.2 Å². The van der Waals surface area contributed by atoms with Gasteiger partial charge in [0.05, 0.1) is 19.8 Å². The number of ether oxygens (including phenoxy) is 5. The first-order valence-electron chi connectivity index (χ1n) is 11.1. The average molecular weight is 573 g/mol. The summed E-state index contributed by atoms with van der Waals surface area (Å²) in [6.07, 6.45) is -11.4. The van der Waals surface area contributed by atoms with Gasteiger partial charge in [-0.05, 0) is 5.56 Å². The fraction of sp³-hybridized carbons (Fsp3) is 0.684. The van der Waals surface area contributed by atoms with E-state index in [1.807, 2.05) is 4.72 Å². The summed E-state index contributed by atoms with van der Waals surface area (Å²) in [6, 6.07) is 5.65. The average Bonchev–Trinajstić information content (AvgIpc) is 3.26. The first-order valence-corrected chi connectivity index (χ1v) is 13.9. The van der Waals surface area contributed by atoms with Gasteiger partial charge in [0.15, 0.2) is 12.6 Å². The molecule has 0 spiro atoms. The lowest BCUT2D eigenvalue weighted by Crippen LogP contribution is -2.68. The van der Waals surface area contributed by atoms with E-state index in [0.717, 1.165) is 0 Å². The van der Waals surface area contributed by atoms with Crippen molar-refractivity contribution >= 4 is 20.6 Å². The van der Waals surface area contributed by atoms with Gasteiger partial charge in [-0.1, -0.05) is 30.3 Å². The molecule has 3 heterocycles. The molecule has 1 aromatic carbocycles. The van der Waals surface area contributed by atoms with E-state index in [2.05, 4.69) is 0 Å². The van der Waals surface area contributed by atoms with Crippen LogP contribution in [-0.2, 0) is 50.9 Å². The summed E-state index contributed by atoms with van der Waals surface area (Å²) in [6.45, 7) is -0.956. The molecule has 0 unspecified atom stereocenters. The quantitative estimate of drug-likeness (QED) is 0.136. The molecule has 3 saturated heterocycles. The van der Waals surface area contributed by atoms with E-state index in [1.165, 1.54) is 0 Å². The standard InChI is InChI=1S/C19H28N2O14S2/c22-6-10-14(23)15(24)12(20-36(25,26)27)19(33-10)35-16-11-8-32-18(34-11)13(21-37(28,29)30)17(16)31-7-9-4-2-1-3-5-9/h1-5,10-24H,6-8H2,(H,25,26,27)(H,28,29,30)/t10-,11-,12-,13-,14-,15-,16-,17-,18-,19-/m1/s1. The Hall–Kier alpha value is -1.36. The normalized spacial score (nSPS) is 38.5. The Morgan fingerprint density at radius 1 is 0.919 bits per heavy atom. The third-order valence-electron chi connectivity index (χ3n) is 6.10. The molecular formula is C19H28N2O14S2. The molecule has 0 aromatic heterocycles. The lowest BCUT2D eigenvalue weighted by atomic mass is 9.96. The summed E-state index contributed by atoms with van der Waals surface area (Å²) in [4.78, 5) is 0. The molecule has 10 atom stereocenters. The van der Waals surface area contributed by atoms with Crippen molar-refractivity contribution in [3.8, 4) is 0 Å². The van der Waals surface area contributed by atoms with Crippen molar-refractivity contribution in [1.82, 2.24) is 9.44 Å². The fourth-order valence-electron chi connectivity index (χ4n) is 4.45. The van der Waals surface area contributed by atoms with Crippen molar-refractivity contribution in [3.63, 3.8) is 0 Å². The molecule has 7 N–H and O–H groups in total. The van der Waals surface area contributed by atoms with Crippen LogP contribution < -0.4 is 9.44 Å². The molecule has 210 valence electrons. The van der Waals surface area contributed by atoms with Crippen molar-refractivity contribution < 1.29 is 64.9 Å². The number of hydrogen-bond acceptors (Lipinski definition) is 12. The number of rotatable bonds is 10. The smallest absolute Gasteiger partial charge is 0.333 e. The predicted molar refractivity (Wildman–Crippen MR) is 119 cm³/mol. The Bertz CT molecular complexity index is 1120. The van der Waals surface area contributed by atoms with Gasteiger partial charge in [0.2, 0.25) is 0 Å². The largest absolute Gasteiger partial charge is 0.394 e. The van der Waals surface area contributed by atoms with Crippen molar-refractivity contribution in [3.05, 3.63) is 35.9 Å². The van der Waals surface area contributed by atoms with Crippen LogP contribution >= 0.6 is 0 Å². The van der Waals surface area contributed by atoms with Crippen LogP contribution in [0.5, 0.6) is 0 Å². The Labute approximate surface area is 212 Å². The molecule has 37 heavy (non-hydrogen) atoms. The summed E-state index contributed by atoms with van der Waals surface area (Å²) in [5.41, 5.74) is 0.699. The van der Waals surface area contributed by atoms with Crippen molar-refractivity contribution in [2.75, 3.05) is 13.2 Å². The second-order valence-corrected chi connectivity index (χ2v) is 11.1. The molecule has 3 fully saturated rings. The maximum Gasteiger partial charge on any atom is 0.333 e. The monoisotopic (exact) mass is 572 g/mol. The number of benzene rings is 1. The van der Waals surface area contributed by atoms with Crippen LogP contribution in [0.4, 0.5) is 0 Å². The van der Waals surface area contributed by atoms with Gasteiger partial charge in [0, 0.05) is 0 Å². The highest BCUT2D eigenvalue weighted by atomic mass is 32.2. The SMILES string of the molecule is O=S(=O)(O)N[C@H]1[C@@H](O[C@H]2[C@H](OCc3ccccc3)[C@@H](NS(=O)(=O)O)[C@@H]3OC[C@H]2O3)O[C@H](CO)[C@@H](O)[C@@H]1O. The van der Waals surface area contributed by atoms with Gasteiger partial charge in [0.1, 0.15) is 48.7 Å². The fourth-order valence-corrected chi connectivity index (χ4v) is 5.63. The highest BCUT2D eigenvalue weighted by Gasteiger charge is 2.56. The van der Waals surface area contributed by atoms with Gasteiger partial charge in [-0.3, -0.25) is 9.11 Å². The summed E-state index contributed by atoms with van der Waals surface area (Å²) in [5.74, 6) is 0. The first-order chi connectivity index (χ1) is 17.4. The van der Waals surface area contributed by atoms with E-state index >= 15 is 0 Å². The second-order valence-electron chi connectivity index (χ2n) is 8.68. The lowest BCUT2D eigenvalue weighted by molar-refractivity contribution is -0.311. The lowest BCUT2D eigenvalue weighted by Gasteiger charge is -2.46. The minimum Gasteiger partial charge on any atom is -0.394 e. The van der Waals surface area contributed by atoms with E-state index < -0.39 is 88.5 Å². The van der Waals surface area contributed by atoms with Crippen LogP contribution in [0, 0.1) is 0 Å². The molecular weight excluding hydrogens is 544 g/mol. The molecule has 0 amide bonds. The van der Waals surface area contributed by atoms with Crippen LogP contribution in [-0.4, -0.2) is 116 Å². The van der Waals surface area contributed by atoms with E-state index in [4.69, 9.17) is 23.7 Å². The van der Waals surface area contributed by atoms with Gasteiger partial charge in [0.25, 0.3) is 0 Å². The first kappa shape index (κ1) is 28.6. The number of hydrogen-bond donors (Lipinski definition) is 7. The molecule has 3 aliphatic heterocycles. The van der Waals surface area contributed by atoms with Gasteiger partial charge in [-0.2, -0.15) is 26.3 Å². The summed E-state index contributed by atoms with van der Waals surface area (Å²) in [5, 5.41) is 30.2. The van der Waals surface area contributed by atoms with E-state index in [1.54, 1.807) is 35.1 Å². The van der Waals surface area contributed by atoms with E-state index in [9.17, 15) is 41.3 Å². The zero-order valence-electron chi connectivity index (χ0n) is 19.0. The molecule has 1 aromatic rings. The molecule has 3 aliphatic rings. The minimum absolute atomic E-state index is 0.0483. The van der Waals surface area contributed by atoms with Gasteiger partial charge in [-0.15, -0.1) is 0 Å². The molecule has 2 bridgehead atoms. The Morgan fingerprint density at radius 3 is 2.19 bits per heavy atom. The van der Waals surface area contributed by atoms with Crippen molar-refractivity contribution in [2.45, 2.75) is 67.9 Å². The number of fused-ring (bicyclic) bond motifs is 2. The molecule has 18 heteroatoms. The topological polar surface area (TPSA) is 240 Å². The van der Waals surface area contributed by atoms with Crippen LogP contribution in [0.3, 0.4) is 0 Å². The van der Waals surface area contributed by atoms with Crippen molar-refractivity contribution in [1.29, 1.82) is 0 Å². The van der Waals surface area contributed by atoms with E-state index in [0.29, 0.717) is 5.56 Å². The predicted octanol–water partition coefficient (Wildman–Crippen LogP) is -3.33. The zero-order chi connectivity index (χ0) is 27.0. The van der Waals surface area contributed by atoms with Gasteiger partial charge < -0.3 is 39.0 Å². The van der Waals surface area contributed by atoms with Gasteiger partial charge in [-0.25, -0.2) is 0 Å². The summed E-state index contributed by atoms with van der Waals surface area (Å²) >= 11 is 0. The van der Waals surface area contributed by atoms with Crippen LogP contribution in [0.2, 0.25) is 0 Å². The number of nitrogens with one attached hydrogen (secondary N) is 2. The van der Waals surface area contributed by atoms with Crippen LogP contribution in [0.1, 0.15) is 5.56 Å². The molecule has 0 saturated carbocycles. The summed E-state index contributed by atoms with van der Waals surface area (Å²) in [7, 11) is -9.73. The number of aliphatic hydroxyl groups is 3. The second kappa shape index (κ2) is 11.4. The molecule has 0 aliphatic carbocycles. The Balaban J connectivity index is 1.64. The Kier molecular flexibility index (Phi) is 8.83.